The molecule has 0 saturated carbocycles. The molecule has 0 bridgehead atoms. The maximum Gasteiger partial charge on any atom is 0.221 e. The number of nitrogens with zero attached hydrogens (tertiary/aromatic N) is 4. The molecule has 0 unspecified atom stereocenters. The maximum atomic E-state index is 11.2. The fraction of sp³-hybridized carbons (Fsp3) is 0.125. The summed E-state index contributed by atoms with van der Waals surface area (Å²) in [5.41, 5.74) is -0.310. The Kier molecular flexibility index (Phi) is 2.09. The van der Waals surface area contributed by atoms with Crippen LogP contribution in [0.25, 0.3) is 5.82 Å². The van der Waals surface area contributed by atoms with Gasteiger partial charge >= 0.3 is 0 Å². The summed E-state index contributed by atoms with van der Waals surface area (Å²) < 4.78 is 3.04. The van der Waals surface area contributed by atoms with E-state index in [0.717, 1.165) is 0 Å². The van der Waals surface area contributed by atoms with Gasteiger partial charge in [0.1, 0.15) is 0 Å². The van der Waals surface area contributed by atoms with Crippen molar-refractivity contribution < 1.29 is 0 Å². The monoisotopic (exact) mass is 210 g/mol. The molecule has 14 heavy (non-hydrogen) atoms. The van der Waals surface area contributed by atoms with E-state index >= 15 is 0 Å². The molecular weight excluding hydrogens is 204 g/mol. The number of aromatic nitrogens is 4. The highest BCUT2D eigenvalue weighted by atomic mass is 35.5. The van der Waals surface area contributed by atoms with Crippen molar-refractivity contribution in [2.24, 2.45) is 7.05 Å². The zero-order valence-electron chi connectivity index (χ0n) is 7.38. The SMILES string of the molecule is Cn1nc(Cl)c(=O)cc1-n1cccn1. The number of aryl methyl sites for hydroxylation is 1. The average molecular weight is 211 g/mol. The minimum absolute atomic E-state index is 0.0385. The normalized spacial score (nSPS) is 10.4. The Morgan fingerprint density at radius 2 is 2.29 bits per heavy atom. The number of halogens is 1. The van der Waals surface area contributed by atoms with Crippen LogP contribution in [-0.4, -0.2) is 19.6 Å². The molecule has 0 aromatic carbocycles. The molecule has 0 saturated heterocycles. The van der Waals surface area contributed by atoms with Crippen LogP contribution in [0.5, 0.6) is 0 Å². The van der Waals surface area contributed by atoms with E-state index in [0.29, 0.717) is 5.82 Å². The predicted octanol–water partition coefficient (Wildman–Crippen LogP) is 0.619. The van der Waals surface area contributed by atoms with E-state index in [1.165, 1.54) is 10.7 Å². The summed E-state index contributed by atoms with van der Waals surface area (Å²) in [5.74, 6) is 0.574. The van der Waals surface area contributed by atoms with Crippen molar-refractivity contribution in [1.82, 2.24) is 19.6 Å². The molecule has 72 valence electrons. The van der Waals surface area contributed by atoms with E-state index < -0.39 is 0 Å². The Hall–Kier alpha value is -1.62. The second-order valence-corrected chi connectivity index (χ2v) is 3.09. The van der Waals surface area contributed by atoms with Crippen molar-refractivity contribution >= 4 is 11.6 Å². The van der Waals surface area contributed by atoms with Crippen LogP contribution in [0.4, 0.5) is 0 Å². The number of rotatable bonds is 1. The minimum atomic E-state index is -0.310. The van der Waals surface area contributed by atoms with Crippen molar-refractivity contribution in [3.63, 3.8) is 0 Å². The summed E-state index contributed by atoms with van der Waals surface area (Å²) >= 11 is 5.57. The Balaban J connectivity index is 2.66. The van der Waals surface area contributed by atoms with Crippen LogP contribution in [-0.2, 0) is 7.05 Å². The Morgan fingerprint density at radius 3 is 2.93 bits per heavy atom. The zero-order valence-corrected chi connectivity index (χ0v) is 8.14. The van der Waals surface area contributed by atoms with Gasteiger partial charge in [-0.1, -0.05) is 11.6 Å². The molecule has 0 radical (unpaired) electrons. The van der Waals surface area contributed by atoms with Gasteiger partial charge < -0.3 is 0 Å². The zero-order chi connectivity index (χ0) is 10.1. The molecule has 0 aliphatic rings. The third-order valence-corrected chi connectivity index (χ3v) is 2.03. The quantitative estimate of drug-likeness (QED) is 0.694. The summed E-state index contributed by atoms with van der Waals surface area (Å²) in [6.07, 6.45) is 3.35. The summed E-state index contributed by atoms with van der Waals surface area (Å²) in [7, 11) is 1.70. The van der Waals surface area contributed by atoms with E-state index in [1.807, 2.05) is 0 Å². The number of hydrogen-bond donors (Lipinski definition) is 0. The van der Waals surface area contributed by atoms with Gasteiger partial charge in [0.25, 0.3) is 0 Å². The highest BCUT2D eigenvalue weighted by Gasteiger charge is 2.05. The lowest BCUT2D eigenvalue weighted by molar-refractivity contribution is 0.669. The predicted molar refractivity (Wildman–Crippen MR) is 51.6 cm³/mol. The fourth-order valence-corrected chi connectivity index (χ4v) is 1.29. The molecule has 0 atom stereocenters. The third-order valence-electron chi connectivity index (χ3n) is 1.77. The summed E-state index contributed by atoms with van der Waals surface area (Å²) in [6, 6.07) is 3.15. The van der Waals surface area contributed by atoms with Crippen LogP contribution in [0, 0.1) is 0 Å². The van der Waals surface area contributed by atoms with Gasteiger partial charge in [0, 0.05) is 25.5 Å². The molecule has 2 aromatic heterocycles. The molecule has 0 spiro atoms. The van der Waals surface area contributed by atoms with Gasteiger partial charge in [-0.05, 0) is 6.07 Å². The van der Waals surface area contributed by atoms with Crippen molar-refractivity contribution in [2.45, 2.75) is 0 Å². The molecule has 0 aliphatic carbocycles. The van der Waals surface area contributed by atoms with E-state index in [2.05, 4.69) is 10.2 Å². The molecule has 6 heteroatoms. The Bertz CT molecular complexity index is 503. The van der Waals surface area contributed by atoms with E-state index in [9.17, 15) is 4.79 Å². The van der Waals surface area contributed by atoms with Gasteiger partial charge in [0.15, 0.2) is 11.0 Å². The van der Waals surface area contributed by atoms with Crippen LogP contribution in [0.2, 0.25) is 5.15 Å². The third kappa shape index (κ3) is 1.42. The molecule has 2 rings (SSSR count). The van der Waals surface area contributed by atoms with E-state index in [4.69, 9.17) is 11.6 Å². The smallest absolute Gasteiger partial charge is 0.221 e. The van der Waals surface area contributed by atoms with Crippen LogP contribution >= 0.6 is 11.6 Å². The molecule has 0 N–H and O–H groups in total. The van der Waals surface area contributed by atoms with Crippen molar-refractivity contribution in [2.75, 3.05) is 0 Å². The van der Waals surface area contributed by atoms with Crippen molar-refractivity contribution in [1.29, 1.82) is 0 Å². The lowest BCUT2D eigenvalue weighted by Gasteiger charge is -2.06. The molecule has 5 nitrogen and oxygen atoms in total. The topological polar surface area (TPSA) is 52.7 Å². The van der Waals surface area contributed by atoms with Crippen LogP contribution in [0.1, 0.15) is 0 Å². The van der Waals surface area contributed by atoms with Gasteiger partial charge in [-0.3, -0.25) is 4.79 Å². The molecule has 2 aromatic rings. The van der Waals surface area contributed by atoms with Crippen LogP contribution < -0.4 is 5.43 Å². The van der Waals surface area contributed by atoms with Gasteiger partial charge in [-0.2, -0.15) is 10.2 Å². The van der Waals surface area contributed by atoms with E-state index in [1.54, 1.807) is 30.2 Å². The first-order valence-corrected chi connectivity index (χ1v) is 4.30. The second kappa shape index (κ2) is 3.26. The highest BCUT2D eigenvalue weighted by Crippen LogP contribution is 2.03. The maximum absolute atomic E-state index is 11.2. The molecular formula is C8H7ClN4O. The largest absolute Gasteiger partial charge is 0.286 e. The summed E-state index contributed by atoms with van der Waals surface area (Å²) in [4.78, 5) is 11.2. The first-order chi connectivity index (χ1) is 6.68. The van der Waals surface area contributed by atoms with Gasteiger partial charge in [-0.25, -0.2) is 9.36 Å². The number of hydrogen-bond acceptors (Lipinski definition) is 3. The van der Waals surface area contributed by atoms with Crippen LogP contribution in [0.15, 0.2) is 29.3 Å². The van der Waals surface area contributed by atoms with Crippen molar-refractivity contribution in [3.8, 4) is 5.82 Å². The fourth-order valence-electron chi connectivity index (χ4n) is 1.12. The Morgan fingerprint density at radius 1 is 1.50 bits per heavy atom. The second-order valence-electron chi connectivity index (χ2n) is 2.73. The van der Waals surface area contributed by atoms with Gasteiger partial charge in [0.05, 0.1) is 0 Å². The average Bonchev–Trinajstić information content (AvgIpc) is 2.64. The van der Waals surface area contributed by atoms with E-state index in [-0.39, 0.29) is 10.6 Å². The highest BCUT2D eigenvalue weighted by molar-refractivity contribution is 6.29. The molecule has 0 amide bonds. The molecule has 0 fully saturated rings. The summed E-state index contributed by atoms with van der Waals surface area (Å²) in [6.45, 7) is 0. The van der Waals surface area contributed by atoms with Crippen molar-refractivity contribution in [3.05, 3.63) is 39.9 Å². The Labute approximate surface area is 84.5 Å². The van der Waals surface area contributed by atoms with Crippen LogP contribution in [0.3, 0.4) is 0 Å². The molecule has 0 aliphatic heterocycles. The lowest BCUT2D eigenvalue weighted by atomic mass is 10.5. The first-order valence-electron chi connectivity index (χ1n) is 3.92. The molecule has 2 heterocycles. The van der Waals surface area contributed by atoms with Gasteiger partial charge in [-0.15, -0.1) is 0 Å². The standard InChI is InChI=1S/C8H7ClN4O/c1-12-7(13-4-2-3-10-13)5-6(14)8(9)11-12/h2-5H,1H3. The minimum Gasteiger partial charge on any atom is -0.286 e. The first kappa shape index (κ1) is 8.96. The lowest BCUT2D eigenvalue weighted by Crippen LogP contribution is -2.16. The van der Waals surface area contributed by atoms with Gasteiger partial charge in [0.2, 0.25) is 5.43 Å². The summed E-state index contributed by atoms with van der Waals surface area (Å²) in [5, 5.41) is 7.79.